The van der Waals surface area contributed by atoms with E-state index in [2.05, 4.69) is 0 Å². The van der Waals surface area contributed by atoms with Crippen molar-refractivity contribution in [2.45, 2.75) is 32.7 Å². The summed E-state index contributed by atoms with van der Waals surface area (Å²) in [7, 11) is 1.90. The summed E-state index contributed by atoms with van der Waals surface area (Å²) in [5, 5.41) is 0. The number of allylic oxidation sites excluding steroid dienone is 1. The molecule has 0 unspecified atom stereocenters. The molecule has 27 heavy (non-hydrogen) atoms. The molecule has 1 aromatic carbocycles. The summed E-state index contributed by atoms with van der Waals surface area (Å²) in [6.07, 6.45) is 4.57. The van der Waals surface area contributed by atoms with Crippen molar-refractivity contribution in [3.05, 3.63) is 46.3 Å². The van der Waals surface area contributed by atoms with Gasteiger partial charge in [-0.3, -0.25) is 9.69 Å². The summed E-state index contributed by atoms with van der Waals surface area (Å²) in [6.45, 7) is 5.57. The molecule has 144 valence electrons. The average molecular weight is 376 g/mol. The van der Waals surface area contributed by atoms with Crippen LogP contribution in [0.25, 0.3) is 11.1 Å². The molecule has 0 bridgehead atoms. The van der Waals surface area contributed by atoms with Crippen LogP contribution >= 0.6 is 0 Å². The van der Waals surface area contributed by atoms with Crippen LogP contribution in [0.4, 0.5) is 13.2 Å². The largest absolute Gasteiger partial charge is 0.343 e. The molecule has 1 amide bonds. The maximum atomic E-state index is 14.8. The van der Waals surface area contributed by atoms with E-state index in [1.165, 1.54) is 0 Å². The van der Waals surface area contributed by atoms with E-state index in [1.807, 2.05) is 31.9 Å². The highest BCUT2D eigenvalue weighted by atomic mass is 19.2. The third-order valence-corrected chi connectivity index (χ3v) is 6.15. The monoisotopic (exact) mass is 376 g/mol. The number of carbonyl (C=O) groups excluding carboxylic acids is 1. The van der Waals surface area contributed by atoms with Gasteiger partial charge in [0.15, 0.2) is 17.5 Å². The minimum absolute atomic E-state index is 0.0150. The van der Waals surface area contributed by atoms with Crippen molar-refractivity contribution in [1.82, 2.24) is 9.80 Å². The third kappa shape index (κ3) is 2.57. The van der Waals surface area contributed by atoms with Crippen LogP contribution in [0.2, 0.25) is 0 Å². The van der Waals surface area contributed by atoms with Crippen LogP contribution in [-0.2, 0) is 11.2 Å². The van der Waals surface area contributed by atoms with Gasteiger partial charge in [-0.1, -0.05) is 12.2 Å². The Bertz CT molecular complexity index is 886. The Morgan fingerprint density at radius 2 is 1.85 bits per heavy atom. The van der Waals surface area contributed by atoms with Gasteiger partial charge in [0, 0.05) is 36.8 Å². The quantitative estimate of drug-likeness (QED) is 0.752. The molecule has 3 aliphatic rings. The van der Waals surface area contributed by atoms with Crippen LogP contribution in [0.1, 0.15) is 37.0 Å². The second kappa shape index (κ2) is 6.51. The lowest BCUT2D eigenvalue weighted by molar-refractivity contribution is -0.134. The lowest BCUT2D eigenvalue weighted by Crippen LogP contribution is -2.47. The number of nitrogens with zero attached hydrogens (tertiary/aromatic N) is 2. The molecule has 0 N–H and O–H groups in total. The Morgan fingerprint density at radius 1 is 1.15 bits per heavy atom. The van der Waals surface area contributed by atoms with Gasteiger partial charge in [-0.25, -0.2) is 13.2 Å². The zero-order valence-electron chi connectivity index (χ0n) is 15.8. The number of likely N-dealkylation sites (N-methyl/N-ethyl adjacent to an activating group) is 1. The average Bonchev–Trinajstić information content (AvgIpc) is 3.08. The number of rotatable bonds is 3. The summed E-state index contributed by atoms with van der Waals surface area (Å²) in [5.74, 6) is -4.08. The second-order valence-corrected chi connectivity index (χ2v) is 7.50. The summed E-state index contributed by atoms with van der Waals surface area (Å²) < 4.78 is 43.3. The Morgan fingerprint density at radius 3 is 2.52 bits per heavy atom. The summed E-state index contributed by atoms with van der Waals surface area (Å²) in [4.78, 5) is 16.6. The SMILES string of the molecule is CCN(CC)C(=O)[C@@H]1C=C2c3c(F)c(F)c(F)c4c3C(=CC4)C[C@H]2N(C)C1. The standard InChI is InChI=1S/C21H23F3N2O/c1-4-26(5-2)21(27)12-8-14-15(25(3)10-12)9-11-6-7-13-16(11)17(14)19(23)20(24)18(13)22/h6,8,12,15H,4-5,7,9-10H2,1-3H3/t12-,15-/m1/s1. The van der Waals surface area contributed by atoms with Gasteiger partial charge in [-0.15, -0.1) is 0 Å². The van der Waals surface area contributed by atoms with E-state index >= 15 is 0 Å². The Hall–Kier alpha value is -2.08. The minimum Gasteiger partial charge on any atom is -0.343 e. The van der Waals surface area contributed by atoms with Gasteiger partial charge in [0.2, 0.25) is 5.91 Å². The van der Waals surface area contributed by atoms with E-state index in [0.29, 0.717) is 37.2 Å². The van der Waals surface area contributed by atoms with E-state index in [9.17, 15) is 18.0 Å². The van der Waals surface area contributed by atoms with E-state index in [1.54, 1.807) is 11.0 Å². The van der Waals surface area contributed by atoms with Gasteiger partial charge >= 0.3 is 0 Å². The van der Waals surface area contributed by atoms with Crippen LogP contribution in [0.3, 0.4) is 0 Å². The van der Waals surface area contributed by atoms with E-state index < -0.39 is 23.4 Å². The van der Waals surface area contributed by atoms with Crippen molar-refractivity contribution in [1.29, 1.82) is 0 Å². The first-order chi connectivity index (χ1) is 12.9. The molecule has 0 aromatic heterocycles. The summed E-state index contributed by atoms with van der Waals surface area (Å²) in [5.41, 5.74) is 2.37. The molecule has 0 saturated carbocycles. The normalized spacial score (nSPS) is 23.5. The number of carbonyl (C=O) groups is 1. The number of amides is 1. The van der Waals surface area contributed by atoms with Gasteiger partial charge in [-0.2, -0.15) is 0 Å². The van der Waals surface area contributed by atoms with Crippen LogP contribution in [0.5, 0.6) is 0 Å². The van der Waals surface area contributed by atoms with E-state index in [0.717, 1.165) is 5.57 Å². The third-order valence-electron chi connectivity index (χ3n) is 6.15. The molecule has 0 fully saturated rings. The second-order valence-electron chi connectivity index (χ2n) is 7.50. The summed E-state index contributed by atoms with van der Waals surface area (Å²) >= 11 is 0. The van der Waals surface area contributed by atoms with Crippen molar-refractivity contribution in [2.24, 2.45) is 5.92 Å². The molecule has 6 heteroatoms. The number of hydrogen-bond acceptors (Lipinski definition) is 2. The highest BCUT2D eigenvalue weighted by Gasteiger charge is 2.42. The zero-order chi connectivity index (χ0) is 19.5. The van der Waals surface area contributed by atoms with Gasteiger partial charge in [0.05, 0.1) is 5.92 Å². The fourth-order valence-electron chi connectivity index (χ4n) is 4.74. The maximum Gasteiger partial charge on any atom is 0.230 e. The van der Waals surface area contributed by atoms with Gasteiger partial charge in [0.25, 0.3) is 0 Å². The van der Waals surface area contributed by atoms with Crippen LogP contribution in [0.15, 0.2) is 12.2 Å². The minimum atomic E-state index is -1.42. The number of hydrogen-bond donors (Lipinski definition) is 0. The molecule has 1 aliphatic heterocycles. The van der Waals surface area contributed by atoms with Gasteiger partial charge < -0.3 is 4.90 Å². The van der Waals surface area contributed by atoms with Crippen molar-refractivity contribution in [3.8, 4) is 0 Å². The van der Waals surface area contributed by atoms with Gasteiger partial charge in [-0.05, 0) is 50.4 Å². The smallest absolute Gasteiger partial charge is 0.230 e. The Kier molecular flexibility index (Phi) is 4.41. The first-order valence-corrected chi connectivity index (χ1v) is 9.48. The molecule has 2 aliphatic carbocycles. The topological polar surface area (TPSA) is 23.6 Å². The first-order valence-electron chi connectivity index (χ1n) is 9.48. The van der Waals surface area contributed by atoms with Crippen LogP contribution < -0.4 is 0 Å². The molecule has 0 saturated heterocycles. The molecule has 0 radical (unpaired) electrons. The predicted molar refractivity (Wildman–Crippen MR) is 98.4 cm³/mol. The van der Waals surface area contributed by atoms with Crippen LogP contribution in [0, 0.1) is 23.4 Å². The maximum absolute atomic E-state index is 14.8. The molecule has 0 spiro atoms. The van der Waals surface area contributed by atoms with Crippen LogP contribution in [-0.4, -0.2) is 48.4 Å². The lowest BCUT2D eigenvalue weighted by Gasteiger charge is -2.41. The zero-order valence-corrected chi connectivity index (χ0v) is 15.8. The Labute approximate surface area is 157 Å². The van der Waals surface area contributed by atoms with Crippen molar-refractivity contribution in [2.75, 3.05) is 26.7 Å². The number of benzene rings is 1. The summed E-state index contributed by atoms with van der Waals surface area (Å²) in [6, 6.07) is -0.130. The van der Waals surface area contributed by atoms with Crippen molar-refractivity contribution < 1.29 is 18.0 Å². The molecule has 1 aromatic rings. The predicted octanol–water partition coefficient (Wildman–Crippen LogP) is 3.63. The van der Waals surface area contributed by atoms with E-state index in [-0.39, 0.29) is 29.5 Å². The first kappa shape index (κ1) is 18.3. The number of fused-ring (bicyclic) bond motifs is 2. The molecule has 2 atom stereocenters. The fourth-order valence-corrected chi connectivity index (χ4v) is 4.74. The highest BCUT2D eigenvalue weighted by molar-refractivity contribution is 5.93. The lowest BCUT2D eigenvalue weighted by atomic mass is 9.76. The fraction of sp³-hybridized carbons (Fsp3) is 0.476. The van der Waals surface area contributed by atoms with E-state index in [4.69, 9.17) is 0 Å². The van der Waals surface area contributed by atoms with Crippen molar-refractivity contribution >= 4 is 17.1 Å². The Balaban J connectivity index is 1.88. The van der Waals surface area contributed by atoms with Gasteiger partial charge in [0.1, 0.15) is 0 Å². The molecule has 3 nitrogen and oxygen atoms in total. The van der Waals surface area contributed by atoms with Crippen molar-refractivity contribution in [3.63, 3.8) is 0 Å². The highest BCUT2D eigenvalue weighted by Crippen LogP contribution is 2.49. The molecule has 1 heterocycles. The molecular weight excluding hydrogens is 353 g/mol. The number of halogens is 3. The molecular formula is C21H23F3N2O. The molecule has 4 rings (SSSR count).